The van der Waals surface area contributed by atoms with E-state index >= 15 is 0 Å². The van der Waals surface area contributed by atoms with Crippen LogP contribution < -0.4 is 15.1 Å². The molecule has 4 heterocycles. The second-order valence-corrected chi connectivity index (χ2v) is 8.07. The first kappa shape index (κ1) is 18.8. The molecule has 0 unspecified atom stereocenters. The molecule has 2 aromatic rings. The van der Waals surface area contributed by atoms with Gasteiger partial charge in [0.05, 0.1) is 19.3 Å². The van der Waals surface area contributed by atoms with E-state index in [-0.39, 0.29) is 11.8 Å². The second kappa shape index (κ2) is 7.58. The van der Waals surface area contributed by atoms with Crippen LogP contribution in [0.1, 0.15) is 19.3 Å². The number of amides is 1. The quantitative estimate of drug-likeness (QED) is 0.819. The van der Waals surface area contributed by atoms with Crippen molar-refractivity contribution in [1.82, 2.24) is 9.97 Å². The summed E-state index contributed by atoms with van der Waals surface area (Å²) in [5.74, 6) is 2.36. The van der Waals surface area contributed by atoms with Gasteiger partial charge in [-0.05, 0) is 43.4 Å². The van der Waals surface area contributed by atoms with Gasteiger partial charge in [-0.25, -0.2) is 9.97 Å². The fourth-order valence-corrected chi connectivity index (χ4v) is 4.38. The molecule has 1 saturated carbocycles. The number of anilines is 4. The Morgan fingerprint density at radius 1 is 1.17 bits per heavy atom. The van der Waals surface area contributed by atoms with Crippen molar-refractivity contribution in [2.45, 2.75) is 19.3 Å². The highest BCUT2D eigenvalue weighted by Gasteiger charge is 2.56. The third-order valence-corrected chi connectivity index (χ3v) is 6.21. The van der Waals surface area contributed by atoms with E-state index in [9.17, 15) is 10.1 Å². The lowest BCUT2D eigenvalue weighted by Crippen LogP contribution is -2.36. The Hall–Kier alpha value is -3.18. The molecule has 0 aromatic carbocycles. The first-order chi connectivity index (χ1) is 14.7. The fraction of sp³-hybridized carbons (Fsp3) is 0.455. The molecule has 2 aliphatic heterocycles. The van der Waals surface area contributed by atoms with Gasteiger partial charge in [-0.2, -0.15) is 5.26 Å². The summed E-state index contributed by atoms with van der Waals surface area (Å²) in [5, 5.41) is 13.0. The Morgan fingerprint density at radius 2 is 2.00 bits per heavy atom. The van der Waals surface area contributed by atoms with Gasteiger partial charge in [-0.1, -0.05) is 6.07 Å². The average molecular weight is 404 g/mol. The number of carbonyl (C=O) groups excluding carboxylic acids is 1. The van der Waals surface area contributed by atoms with Gasteiger partial charge < -0.3 is 19.9 Å². The van der Waals surface area contributed by atoms with Crippen LogP contribution in [-0.2, 0) is 9.53 Å². The number of nitrogens with zero attached hydrogens (tertiary/aromatic N) is 5. The van der Waals surface area contributed by atoms with E-state index in [1.54, 1.807) is 11.1 Å². The summed E-state index contributed by atoms with van der Waals surface area (Å²) in [7, 11) is 0. The normalized spacial score (nSPS) is 24.0. The number of hydrogen-bond donors (Lipinski definition) is 1. The van der Waals surface area contributed by atoms with Gasteiger partial charge in [0.1, 0.15) is 22.9 Å². The van der Waals surface area contributed by atoms with Crippen molar-refractivity contribution in [3.05, 3.63) is 36.5 Å². The zero-order valence-electron chi connectivity index (χ0n) is 16.8. The minimum Gasteiger partial charge on any atom is -0.378 e. The van der Waals surface area contributed by atoms with Crippen LogP contribution >= 0.6 is 0 Å². The topological polar surface area (TPSA) is 94.4 Å². The predicted octanol–water partition coefficient (Wildman–Crippen LogP) is 2.71. The molecule has 3 fully saturated rings. The standard InChI is InChI=1S/C22H24N6O2/c23-15-22(16-4-5-16)7-9-28(21(22)29)17-6-8-24-19(14-17)25-18-2-1-3-20(26-18)27-10-12-30-13-11-27/h1-3,6,8,14,16H,4-5,7,9-13H2,(H,24,25,26)/t22-/m1/s1. The van der Waals surface area contributed by atoms with Gasteiger partial charge in [0.25, 0.3) is 0 Å². The number of ether oxygens (including phenoxy) is 1. The molecule has 5 rings (SSSR count). The lowest BCUT2D eigenvalue weighted by Gasteiger charge is -2.28. The first-order valence-electron chi connectivity index (χ1n) is 10.5. The molecular formula is C22H24N6O2. The molecule has 154 valence electrons. The Balaban J connectivity index is 1.34. The van der Waals surface area contributed by atoms with E-state index in [1.807, 2.05) is 30.3 Å². The number of pyridine rings is 2. The van der Waals surface area contributed by atoms with Crippen LogP contribution in [0.4, 0.5) is 23.1 Å². The van der Waals surface area contributed by atoms with Crippen molar-refractivity contribution in [2.24, 2.45) is 11.3 Å². The Labute approximate surface area is 175 Å². The van der Waals surface area contributed by atoms with Crippen molar-refractivity contribution < 1.29 is 9.53 Å². The Morgan fingerprint density at radius 3 is 2.77 bits per heavy atom. The SMILES string of the molecule is N#C[C@@]1(C2CC2)CCN(c2ccnc(Nc3cccc(N4CCOCC4)n3)c2)C1=O. The van der Waals surface area contributed by atoms with Crippen LogP contribution in [0.2, 0.25) is 0 Å². The molecule has 3 aliphatic rings. The Kier molecular flexibility index (Phi) is 4.75. The largest absolute Gasteiger partial charge is 0.378 e. The van der Waals surface area contributed by atoms with Crippen molar-refractivity contribution in [3.8, 4) is 6.07 Å². The lowest BCUT2D eigenvalue weighted by atomic mass is 9.83. The van der Waals surface area contributed by atoms with Crippen LogP contribution in [0.3, 0.4) is 0 Å². The maximum atomic E-state index is 13.1. The van der Waals surface area contributed by atoms with Crippen LogP contribution in [-0.4, -0.2) is 48.7 Å². The average Bonchev–Trinajstić information content (AvgIpc) is 3.59. The summed E-state index contributed by atoms with van der Waals surface area (Å²) < 4.78 is 5.41. The highest BCUT2D eigenvalue weighted by atomic mass is 16.5. The van der Waals surface area contributed by atoms with Crippen LogP contribution in [0.15, 0.2) is 36.5 Å². The zero-order valence-corrected chi connectivity index (χ0v) is 16.8. The molecule has 0 radical (unpaired) electrons. The lowest BCUT2D eigenvalue weighted by molar-refractivity contribution is -0.123. The number of nitriles is 1. The molecule has 30 heavy (non-hydrogen) atoms. The summed E-state index contributed by atoms with van der Waals surface area (Å²) in [4.78, 5) is 26.1. The summed E-state index contributed by atoms with van der Waals surface area (Å²) >= 11 is 0. The van der Waals surface area contributed by atoms with E-state index in [2.05, 4.69) is 21.3 Å². The van der Waals surface area contributed by atoms with Crippen LogP contribution in [0.5, 0.6) is 0 Å². The van der Waals surface area contributed by atoms with Crippen molar-refractivity contribution in [2.75, 3.05) is 48.0 Å². The molecule has 8 heteroatoms. The number of aromatic nitrogens is 2. The number of hydrogen-bond acceptors (Lipinski definition) is 7. The van der Waals surface area contributed by atoms with Gasteiger partial charge in [0.15, 0.2) is 0 Å². The molecule has 1 aliphatic carbocycles. The van der Waals surface area contributed by atoms with Crippen molar-refractivity contribution >= 4 is 29.0 Å². The van der Waals surface area contributed by atoms with E-state index in [0.717, 1.165) is 37.4 Å². The molecule has 2 aromatic heterocycles. The molecule has 8 nitrogen and oxygen atoms in total. The Bertz CT molecular complexity index is 995. The number of morpholine rings is 1. The minimum atomic E-state index is -0.842. The van der Waals surface area contributed by atoms with Gasteiger partial charge in [-0.15, -0.1) is 0 Å². The molecule has 1 atom stereocenters. The van der Waals surface area contributed by atoms with Crippen LogP contribution in [0.25, 0.3) is 0 Å². The van der Waals surface area contributed by atoms with E-state index < -0.39 is 5.41 Å². The van der Waals surface area contributed by atoms with Gasteiger partial charge >= 0.3 is 0 Å². The summed E-state index contributed by atoms with van der Waals surface area (Å²) in [6, 6.07) is 11.9. The molecule has 2 saturated heterocycles. The highest BCUT2D eigenvalue weighted by Crippen LogP contribution is 2.51. The number of rotatable bonds is 5. The third-order valence-electron chi connectivity index (χ3n) is 6.21. The summed E-state index contributed by atoms with van der Waals surface area (Å²) in [5.41, 5.74) is -0.0788. The van der Waals surface area contributed by atoms with Gasteiger partial charge in [0.2, 0.25) is 5.91 Å². The predicted molar refractivity (Wildman–Crippen MR) is 113 cm³/mol. The molecule has 0 spiro atoms. The van der Waals surface area contributed by atoms with E-state index in [4.69, 9.17) is 9.72 Å². The maximum Gasteiger partial charge on any atom is 0.247 e. The fourth-order valence-electron chi connectivity index (χ4n) is 4.38. The van der Waals surface area contributed by atoms with E-state index in [1.165, 1.54) is 0 Å². The van der Waals surface area contributed by atoms with Crippen molar-refractivity contribution in [3.63, 3.8) is 0 Å². The summed E-state index contributed by atoms with van der Waals surface area (Å²) in [6.07, 6.45) is 4.23. The minimum absolute atomic E-state index is 0.0721. The van der Waals surface area contributed by atoms with Crippen molar-refractivity contribution in [1.29, 1.82) is 5.26 Å². The van der Waals surface area contributed by atoms with Gasteiger partial charge in [-0.3, -0.25) is 4.79 Å². The molecule has 1 N–H and O–H groups in total. The van der Waals surface area contributed by atoms with E-state index in [0.29, 0.717) is 37.8 Å². The molecule has 1 amide bonds. The highest BCUT2D eigenvalue weighted by molar-refractivity contribution is 6.02. The zero-order chi connectivity index (χ0) is 20.6. The number of nitrogens with one attached hydrogen (secondary N) is 1. The van der Waals surface area contributed by atoms with Crippen LogP contribution in [0, 0.1) is 22.7 Å². The van der Waals surface area contributed by atoms with Gasteiger partial charge in [0, 0.05) is 37.6 Å². The first-order valence-corrected chi connectivity index (χ1v) is 10.5. The maximum absolute atomic E-state index is 13.1. The molecular weight excluding hydrogens is 380 g/mol. The smallest absolute Gasteiger partial charge is 0.247 e. The number of carbonyl (C=O) groups is 1. The molecule has 0 bridgehead atoms. The second-order valence-electron chi connectivity index (χ2n) is 8.07. The third kappa shape index (κ3) is 3.35. The monoisotopic (exact) mass is 404 g/mol. The summed E-state index contributed by atoms with van der Waals surface area (Å²) in [6.45, 7) is 3.62.